The number of cyclic esters (lactones) is 1. The quantitative estimate of drug-likeness (QED) is 0.169. The summed E-state index contributed by atoms with van der Waals surface area (Å²) in [5.74, 6) is -1.10. The van der Waals surface area contributed by atoms with Crippen LogP contribution >= 0.6 is 34.2 Å². The highest BCUT2D eigenvalue weighted by molar-refractivity contribution is 14.1. The highest BCUT2D eigenvalue weighted by Crippen LogP contribution is 2.36. The van der Waals surface area contributed by atoms with Crippen LogP contribution in [0.2, 0.25) is 5.02 Å². The van der Waals surface area contributed by atoms with E-state index in [1.54, 1.807) is 36.4 Å². The minimum atomic E-state index is -0.641. The lowest BCUT2D eigenvalue weighted by atomic mass is 10.1. The fraction of sp³-hybridized carbons (Fsp3) is 0.0417. The van der Waals surface area contributed by atoms with Gasteiger partial charge in [0.2, 0.25) is 5.90 Å². The van der Waals surface area contributed by atoms with Crippen LogP contribution in [0.25, 0.3) is 6.08 Å². The van der Waals surface area contributed by atoms with Gasteiger partial charge in [-0.3, -0.25) is 0 Å². The smallest absolute Gasteiger partial charge is 0.363 e. The van der Waals surface area contributed by atoms with Gasteiger partial charge >= 0.3 is 11.9 Å². The molecule has 0 bridgehead atoms. The molecule has 166 valence electrons. The number of rotatable bonds is 5. The lowest BCUT2D eigenvalue weighted by Crippen LogP contribution is -2.11. The van der Waals surface area contributed by atoms with E-state index in [4.69, 9.17) is 25.8 Å². The summed E-state index contributed by atoms with van der Waals surface area (Å²) in [6, 6.07) is 15.3. The second-order valence-corrected chi connectivity index (χ2v) is 8.32. The molecule has 0 aliphatic carbocycles. The van der Waals surface area contributed by atoms with Crippen molar-refractivity contribution < 1.29 is 28.2 Å². The van der Waals surface area contributed by atoms with Crippen molar-refractivity contribution in [3.63, 3.8) is 0 Å². The van der Waals surface area contributed by atoms with E-state index in [2.05, 4.69) is 4.99 Å². The fourth-order valence-electron chi connectivity index (χ4n) is 2.98. The van der Waals surface area contributed by atoms with Gasteiger partial charge in [0, 0.05) is 5.56 Å². The normalized spacial score (nSPS) is 14.1. The first-order chi connectivity index (χ1) is 15.9. The summed E-state index contributed by atoms with van der Waals surface area (Å²) in [6.45, 7) is 0. The molecule has 0 atom stereocenters. The SMILES string of the molecule is COc1cc(/C=C2\N=C(c3ccc(F)cc3)OC2=O)cc(I)c1OC(=O)c1ccccc1Cl. The predicted molar refractivity (Wildman–Crippen MR) is 129 cm³/mol. The molecule has 33 heavy (non-hydrogen) atoms. The zero-order valence-corrected chi connectivity index (χ0v) is 19.9. The van der Waals surface area contributed by atoms with Crippen LogP contribution in [0, 0.1) is 9.39 Å². The zero-order valence-electron chi connectivity index (χ0n) is 17.0. The van der Waals surface area contributed by atoms with Crippen molar-refractivity contribution in [2.75, 3.05) is 7.11 Å². The number of halogens is 3. The zero-order chi connectivity index (χ0) is 23.5. The molecule has 4 rings (SSSR count). The third-order valence-corrected chi connectivity index (χ3v) is 5.69. The third-order valence-electron chi connectivity index (χ3n) is 4.56. The van der Waals surface area contributed by atoms with E-state index < -0.39 is 17.8 Å². The van der Waals surface area contributed by atoms with Gasteiger partial charge in [-0.1, -0.05) is 23.7 Å². The number of aliphatic imine (C=N–C) groups is 1. The molecule has 0 saturated heterocycles. The van der Waals surface area contributed by atoms with E-state index in [-0.39, 0.29) is 33.7 Å². The Labute approximate surface area is 206 Å². The molecule has 0 fully saturated rings. The Balaban J connectivity index is 1.63. The Bertz CT molecular complexity index is 1320. The number of carbonyl (C=O) groups excluding carboxylic acids is 2. The van der Waals surface area contributed by atoms with Crippen LogP contribution < -0.4 is 9.47 Å². The Morgan fingerprint density at radius 2 is 1.88 bits per heavy atom. The number of ether oxygens (including phenoxy) is 3. The Morgan fingerprint density at radius 3 is 2.58 bits per heavy atom. The van der Waals surface area contributed by atoms with Crippen molar-refractivity contribution >= 4 is 58.1 Å². The number of methoxy groups -OCH3 is 1. The van der Waals surface area contributed by atoms with Gasteiger partial charge in [0.05, 0.1) is 21.3 Å². The predicted octanol–water partition coefficient (Wildman–Crippen LogP) is 5.66. The highest BCUT2D eigenvalue weighted by atomic mass is 127. The van der Waals surface area contributed by atoms with Crippen LogP contribution in [-0.2, 0) is 9.53 Å². The standard InChI is InChI=1S/C24H14ClFINO5/c1-31-20-12-13(10-18(27)21(20)32-23(29)16-4-2-3-5-17(16)25)11-19-24(30)33-22(28-19)14-6-8-15(26)9-7-14/h2-12H,1H3/b19-11-. The minimum absolute atomic E-state index is 0.0630. The maximum Gasteiger partial charge on any atom is 0.363 e. The van der Waals surface area contributed by atoms with E-state index in [1.165, 1.54) is 37.5 Å². The Hall–Kier alpha value is -3.24. The number of carbonyl (C=O) groups is 2. The third kappa shape index (κ3) is 5.07. The van der Waals surface area contributed by atoms with Gasteiger partial charge < -0.3 is 14.2 Å². The largest absolute Gasteiger partial charge is 0.493 e. The van der Waals surface area contributed by atoms with Crippen LogP contribution in [-0.4, -0.2) is 24.9 Å². The maximum absolute atomic E-state index is 13.1. The van der Waals surface area contributed by atoms with E-state index >= 15 is 0 Å². The van der Waals surface area contributed by atoms with Gasteiger partial charge in [-0.2, -0.15) is 0 Å². The lowest BCUT2D eigenvalue weighted by Gasteiger charge is -2.13. The molecule has 6 nitrogen and oxygen atoms in total. The first kappa shape index (κ1) is 22.9. The van der Waals surface area contributed by atoms with Crippen LogP contribution in [0.4, 0.5) is 4.39 Å². The van der Waals surface area contributed by atoms with Gasteiger partial charge in [0.25, 0.3) is 0 Å². The number of nitrogens with zero attached hydrogens (tertiary/aromatic N) is 1. The Kier molecular flexibility index (Phi) is 6.75. The molecule has 0 amide bonds. The molecule has 0 unspecified atom stereocenters. The molecule has 1 aliphatic heterocycles. The number of hydrogen-bond donors (Lipinski definition) is 0. The summed E-state index contributed by atoms with van der Waals surface area (Å²) < 4.78 is 29.8. The number of benzene rings is 3. The van der Waals surface area contributed by atoms with Gasteiger partial charge in [-0.25, -0.2) is 19.0 Å². The summed E-state index contributed by atoms with van der Waals surface area (Å²) in [5.41, 5.74) is 1.33. The van der Waals surface area contributed by atoms with Crippen LogP contribution in [0.1, 0.15) is 21.5 Å². The maximum atomic E-state index is 13.1. The molecule has 1 heterocycles. The lowest BCUT2D eigenvalue weighted by molar-refractivity contribution is -0.129. The van der Waals surface area contributed by atoms with E-state index in [9.17, 15) is 14.0 Å². The van der Waals surface area contributed by atoms with E-state index in [1.807, 2.05) is 22.6 Å². The summed E-state index contributed by atoms with van der Waals surface area (Å²) in [6.07, 6.45) is 1.52. The van der Waals surface area contributed by atoms with Gasteiger partial charge in [0.1, 0.15) is 5.82 Å². The van der Waals surface area contributed by atoms with Crippen molar-refractivity contribution in [2.45, 2.75) is 0 Å². The van der Waals surface area contributed by atoms with Crippen molar-refractivity contribution in [1.82, 2.24) is 0 Å². The van der Waals surface area contributed by atoms with Crippen LogP contribution in [0.3, 0.4) is 0 Å². The molecule has 0 saturated carbocycles. The monoisotopic (exact) mass is 577 g/mol. The first-order valence-corrected chi connectivity index (χ1v) is 10.9. The summed E-state index contributed by atoms with van der Waals surface area (Å²) in [4.78, 5) is 29.1. The number of hydrogen-bond acceptors (Lipinski definition) is 6. The molecule has 0 aromatic heterocycles. The van der Waals surface area contributed by atoms with Crippen LogP contribution in [0.15, 0.2) is 71.4 Å². The molecule has 0 N–H and O–H groups in total. The molecule has 9 heteroatoms. The molecule has 3 aromatic rings. The molecule has 1 aliphatic rings. The van der Waals surface area contributed by atoms with Crippen LogP contribution in [0.5, 0.6) is 11.5 Å². The summed E-state index contributed by atoms with van der Waals surface area (Å²) >= 11 is 8.08. The van der Waals surface area contributed by atoms with E-state index in [0.29, 0.717) is 14.7 Å². The second-order valence-electron chi connectivity index (χ2n) is 6.75. The van der Waals surface area contributed by atoms with Crippen molar-refractivity contribution in [3.8, 4) is 11.5 Å². The topological polar surface area (TPSA) is 74.2 Å². The molecular formula is C24H14ClFINO5. The Morgan fingerprint density at radius 1 is 1.15 bits per heavy atom. The average molecular weight is 578 g/mol. The molecular weight excluding hydrogens is 564 g/mol. The van der Waals surface area contributed by atoms with Crippen molar-refractivity contribution in [2.24, 2.45) is 4.99 Å². The van der Waals surface area contributed by atoms with Gasteiger partial charge in [-0.05, 0) is 82.8 Å². The summed E-state index contributed by atoms with van der Waals surface area (Å²) in [7, 11) is 1.43. The minimum Gasteiger partial charge on any atom is -0.493 e. The summed E-state index contributed by atoms with van der Waals surface area (Å²) in [5, 5.41) is 0.271. The van der Waals surface area contributed by atoms with Crippen molar-refractivity contribution in [3.05, 3.63) is 97.5 Å². The van der Waals surface area contributed by atoms with Gasteiger partial charge in [0.15, 0.2) is 17.2 Å². The number of esters is 2. The molecule has 3 aromatic carbocycles. The molecule has 0 spiro atoms. The average Bonchev–Trinajstić information content (AvgIpc) is 3.16. The van der Waals surface area contributed by atoms with E-state index in [0.717, 1.165) is 0 Å². The van der Waals surface area contributed by atoms with Crippen molar-refractivity contribution in [1.29, 1.82) is 0 Å². The second kappa shape index (κ2) is 9.72. The highest BCUT2D eigenvalue weighted by Gasteiger charge is 2.25. The van der Waals surface area contributed by atoms with Gasteiger partial charge in [-0.15, -0.1) is 0 Å². The molecule has 0 radical (unpaired) electrons. The fourth-order valence-corrected chi connectivity index (χ4v) is 3.93. The first-order valence-electron chi connectivity index (χ1n) is 9.48.